The number of nitrogens with two attached hydrogens (primary N) is 1. The molecule has 1 atom stereocenters. The molecular weight excluding hydrogens is 340 g/mol. The average molecular weight is 368 g/mol. The molecule has 4 N–H and O–H groups in total. The van der Waals surface area contributed by atoms with Gasteiger partial charge in [-0.15, -0.1) is 0 Å². The number of aromatic hydroxyl groups is 1. The van der Waals surface area contributed by atoms with E-state index >= 15 is 0 Å². The summed E-state index contributed by atoms with van der Waals surface area (Å²) < 4.78 is 0. The Hall–Kier alpha value is -2.57. The number of carbonyl (C=O) groups is 1. The molecule has 144 valence electrons. The number of nitrogens with one attached hydrogen (secondary N) is 1. The molecule has 2 aromatic rings. The van der Waals surface area contributed by atoms with Crippen LogP contribution >= 0.6 is 0 Å². The van der Waals surface area contributed by atoms with E-state index in [1.807, 2.05) is 18.2 Å². The van der Waals surface area contributed by atoms with Crippen LogP contribution in [0.4, 0.5) is 11.4 Å². The van der Waals surface area contributed by atoms with Gasteiger partial charge in [0, 0.05) is 37.6 Å². The van der Waals surface area contributed by atoms with Crippen LogP contribution in [0.1, 0.15) is 12.5 Å². The first kappa shape index (κ1) is 19.2. The lowest BCUT2D eigenvalue weighted by Crippen LogP contribution is -2.46. The molecule has 0 radical (unpaired) electrons. The third-order valence-electron chi connectivity index (χ3n) is 5.03. The largest absolute Gasteiger partial charge is 0.508 e. The van der Waals surface area contributed by atoms with Crippen molar-refractivity contribution in [2.75, 3.05) is 42.9 Å². The zero-order valence-corrected chi connectivity index (χ0v) is 15.8. The van der Waals surface area contributed by atoms with Gasteiger partial charge in [-0.3, -0.25) is 4.79 Å². The number of rotatable bonds is 6. The second-order valence-electron chi connectivity index (χ2n) is 6.94. The monoisotopic (exact) mass is 368 g/mol. The maximum atomic E-state index is 12.4. The third kappa shape index (κ3) is 5.21. The molecule has 6 heteroatoms. The predicted octanol–water partition coefficient (Wildman–Crippen LogP) is 2.04. The van der Waals surface area contributed by atoms with E-state index < -0.39 is 6.04 Å². The summed E-state index contributed by atoms with van der Waals surface area (Å²) in [6, 6.07) is 14.0. The summed E-state index contributed by atoms with van der Waals surface area (Å²) in [4.78, 5) is 17.2. The summed E-state index contributed by atoms with van der Waals surface area (Å²) in [5.41, 5.74) is 8.85. The van der Waals surface area contributed by atoms with Gasteiger partial charge in [0.1, 0.15) is 5.75 Å². The van der Waals surface area contributed by atoms with Crippen molar-refractivity contribution in [3.63, 3.8) is 0 Å². The first-order valence-electron chi connectivity index (χ1n) is 9.47. The van der Waals surface area contributed by atoms with E-state index in [0.717, 1.165) is 49.7 Å². The van der Waals surface area contributed by atoms with Crippen molar-refractivity contribution in [2.45, 2.75) is 19.4 Å². The highest BCUT2D eigenvalue weighted by Crippen LogP contribution is 2.21. The number of phenolic OH excluding ortho intramolecular Hbond substituents is 1. The minimum atomic E-state index is -0.647. The summed E-state index contributed by atoms with van der Waals surface area (Å²) in [5, 5.41) is 12.3. The molecule has 27 heavy (non-hydrogen) atoms. The minimum Gasteiger partial charge on any atom is -0.508 e. The molecule has 1 saturated heterocycles. The van der Waals surface area contributed by atoms with E-state index in [0.29, 0.717) is 6.42 Å². The SMILES string of the molecule is CCN1CCN(c2cccc(NC(=O)C(N)Cc3ccc(O)cc3)c2)CC1. The van der Waals surface area contributed by atoms with E-state index in [-0.39, 0.29) is 11.7 Å². The fourth-order valence-electron chi connectivity index (χ4n) is 3.32. The molecule has 0 bridgehead atoms. The predicted molar refractivity (Wildman–Crippen MR) is 109 cm³/mol. The zero-order chi connectivity index (χ0) is 19.2. The normalized spacial score (nSPS) is 16.1. The van der Waals surface area contributed by atoms with Crippen LogP contribution < -0.4 is 16.0 Å². The first-order chi connectivity index (χ1) is 13.0. The Balaban J connectivity index is 1.58. The summed E-state index contributed by atoms with van der Waals surface area (Å²) in [6.45, 7) is 7.38. The van der Waals surface area contributed by atoms with Gasteiger partial charge in [0.2, 0.25) is 5.91 Å². The topological polar surface area (TPSA) is 81.8 Å². The molecule has 1 aliphatic rings. The number of benzene rings is 2. The Bertz CT molecular complexity index is 755. The van der Waals surface area contributed by atoms with E-state index in [1.165, 1.54) is 0 Å². The third-order valence-corrected chi connectivity index (χ3v) is 5.03. The second-order valence-corrected chi connectivity index (χ2v) is 6.94. The van der Waals surface area contributed by atoms with Gasteiger partial charge in [0.15, 0.2) is 0 Å². The quantitative estimate of drug-likeness (QED) is 0.727. The second kappa shape index (κ2) is 8.88. The smallest absolute Gasteiger partial charge is 0.241 e. The van der Waals surface area contributed by atoms with Crippen molar-refractivity contribution in [3.05, 3.63) is 54.1 Å². The number of carbonyl (C=O) groups excluding carboxylic acids is 1. The van der Waals surface area contributed by atoms with Gasteiger partial charge in [-0.05, 0) is 48.9 Å². The number of hydrogen-bond acceptors (Lipinski definition) is 5. The molecule has 1 aliphatic heterocycles. The fraction of sp³-hybridized carbons (Fsp3) is 0.381. The molecule has 0 aromatic heterocycles. The Morgan fingerprint density at radius 1 is 1.15 bits per heavy atom. The number of amides is 1. The highest BCUT2D eigenvalue weighted by Gasteiger charge is 2.17. The maximum absolute atomic E-state index is 12.4. The Morgan fingerprint density at radius 2 is 1.85 bits per heavy atom. The van der Waals surface area contributed by atoms with Crippen LogP contribution in [0, 0.1) is 0 Å². The van der Waals surface area contributed by atoms with Crippen LogP contribution in [-0.4, -0.2) is 54.7 Å². The molecule has 1 fully saturated rings. The van der Waals surface area contributed by atoms with E-state index in [1.54, 1.807) is 24.3 Å². The number of likely N-dealkylation sites (N-methyl/N-ethyl adjacent to an activating group) is 1. The highest BCUT2D eigenvalue weighted by molar-refractivity contribution is 5.95. The molecule has 1 unspecified atom stereocenters. The lowest BCUT2D eigenvalue weighted by atomic mass is 10.1. The van der Waals surface area contributed by atoms with Crippen molar-refractivity contribution in [3.8, 4) is 5.75 Å². The van der Waals surface area contributed by atoms with Crippen molar-refractivity contribution in [2.24, 2.45) is 5.73 Å². The van der Waals surface area contributed by atoms with Gasteiger partial charge in [0.05, 0.1) is 6.04 Å². The van der Waals surface area contributed by atoms with Crippen molar-refractivity contribution >= 4 is 17.3 Å². The molecule has 1 amide bonds. The van der Waals surface area contributed by atoms with Crippen LogP contribution in [0.25, 0.3) is 0 Å². The van der Waals surface area contributed by atoms with Crippen LogP contribution in [0.15, 0.2) is 48.5 Å². The van der Waals surface area contributed by atoms with Crippen LogP contribution in [-0.2, 0) is 11.2 Å². The molecule has 1 heterocycles. The Morgan fingerprint density at radius 3 is 2.52 bits per heavy atom. The van der Waals surface area contributed by atoms with Crippen LogP contribution in [0.5, 0.6) is 5.75 Å². The number of phenols is 1. The Kier molecular flexibility index (Phi) is 6.32. The van der Waals surface area contributed by atoms with Gasteiger partial charge in [-0.25, -0.2) is 0 Å². The Labute approximate surface area is 160 Å². The fourth-order valence-corrected chi connectivity index (χ4v) is 3.32. The highest BCUT2D eigenvalue weighted by atomic mass is 16.3. The minimum absolute atomic E-state index is 0.202. The molecule has 0 spiro atoms. The van der Waals surface area contributed by atoms with Gasteiger partial charge in [-0.2, -0.15) is 0 Å². The number of anilines is 2. The zero-order valence-electron chi connectivity index (χ0n) is 15.8. The molecule has 2 aromatic carbocycles. The number of nitrogens with zero attached hydrogens (tertiary/aromatic N) is 2. The summed E-state index contributed by atoms with van der Waals surface area (Å²) in [5.74, 6) is -0.00983. The summed E-state index contributed by atoms with van der Waals surface area (Å²) in [7, 11) is 0. The standard InChI is InChI=1S/C21H28N4O2/c1-2-24-10-12-25(13-11-24)18-5-3-4-17(15-18)23-21(27)20(22)14-16-6-8-19(26)9-7-16/h3-9,15,20,26H,2,10-14,22H2,1H3,(H,23,27). The van der Waals surface area contributed by atoms with Crippen molar-refractivity contribution in [1.29, 1.82) is 0 Å². The van der Waals surface area contributed by atoms with Crippen molar-refractivity contribution in [1.82, 2.24) is 4.90 Å². The molecular formula is C21H28N4O2. The van der Waals surface area contributed by atoms with Gasteiger partial charge in [-0.1, -0.05) is 25.1 Å². The lowest BCUT2D eigenvalue weighted by molar-refractivity contribution is -0.117. The van der Waals surface area contributed by atoms with E-state index in [9.17, 15) is 9.90 Å². The summed E-state index contributed by atoms with van der Waals surface area (Å²) in [6.07, 6.45) is 0.421. The van der Waals surface area contributed by atoms with Gasteiger partial charge >= 0.3 is 0 Å². The van der Waals surface area contributed by atoms with E-state index in [4.69, 9.17) is 5.73 Å². The van der Waals surface area contributed by atoms with Gasteiger partial charge < -0.3 is 26.0 Å². The summed E-state index contributed by atoms with van der Waals surface area (Å²) >= 11 is 0. The van der Waals surface area contributed by atoms with Crippen LogP contribution in [0.3, 0.4) is 0 Å². The molecule has 3 rings (SSSR count). The average Bonchev–Trinajstić information content (AvgIpc) is 2.70. The maximum Gasteiger partial charge on any atom is 0.241 e. The van der Waals surface area contributed by atoms with E-state index in [2.05, 4.69) is 28.1 Å². The molecule has 6 nitrogen and oxygen atoms in total. The first-order valence-corrected chi connectivity index (χ1v) is 9.47. The van der Waals surface area contributed by atoms with Crippen molar-refractivity contribution < 1.29 is 9.90 Å². The molecule has 0 aliphatic carbocycles. The van der Waals surface area contributed by atoms with Gasteiger partial charge in [0.25, 0.3) is 0 Å². The number of hydrogen-bond donors (Lipinski definition) is 3. The number of piperazine rings is 1. The lowest BCUT2D eigenvalue weighted by Gasteiger charge is -2.35. The molecule has 0 saturated carbocycles. The van der Waals surface area contributed by atoms with Crippen LogP contribution in [0.2, 0.25) is 0 Å².